The van der Waals surface area contributed by atoms with Gasteiger partial charge in [0.2, 0.25) is 0 Å². The highest BCUT2D eigenvalue weighted by Gasteiger charge is 2.17. The molecule has 2 N–H and O–H groups in total. The Morgan fingerprint density at radius 2 is 1.70 bits per heavy atom. The second-order valence-electron chi connectivity index (χ2n) is 6.22. The van der Waals surface area contributed by atoms with Gasteiger partial charge in [0.05, 0.1) is 0 Å². The van der Waals surface area contributed by atoms with Crippen molar-refractivity contribution in [3.8, 4) is 11.5 Å². The van der Waals surface area contributed by atoms with Crippen molar-refractivity contribution in [1.29, 1.82) is 0 Å². The van der Waals surface area contributed by atoms with Crippen LogP contribution in [0.2, 0.25) is 5.02 Å². The van der Waals surface area contributed by atoms with Crippen molar-refractivity contribution in [2.24, 2.45) is 0 Å². The third kappa shape index (κ3) is 5.89. The zero-order chi connectivity index (χ0) is 20.0. The minimum absolute atomic E-state index is 0.241. The Kier molecular flexibility index (Phi) is 7.07. The first-order valence-corrected chi connectivity index (χ1v) is 8.86. The number of hydrogen-bond acceptors (Lipinski definition) is 4. The van der Waals surface area contributed by atoms with Crippen molar-refractivity contribution < 1.29 is 19.1 Å². The number of hydrogen-bond donors (Lipinski definition) is 2. The van der Waals surface area contributed by atoms with Gasteiger partial charge in [0.25, 0.3) is 11.8 Å². The van der Waals surface area contributed by atoms with E-state index in [1.54, 1.807) is 25.1 Å². The van der Waals surface area contributed by atoms with Crippen molar-refractivity contribution in [2.75, 3.05) is 6.61 Å². The van der Waals surface area contributed by atoms with Crippen LogP contribution in [-0.2, 0) is 9.59 Å². The van der Waals surface area contributed by atoms with E-state index >= 15 is 0 Å². The zero-order valence-corrected chi connectivity index (χ0v) is 16.5. The maximum absolute atomic E-state index is 12.1. The highest BCUT2D eigenvalue weighted by molar-refractivity contribution is 6.30. The van der Waals surface area contributed by atoms with Crippen LogP contribution in [-0.4, -0.2) is 24.5 Å². The van der Waals surface area contributed by atoms with Crippen molar-refractivity contribution in [3.63, 3.8) is 0 Å². The number of aryl methyl sites for hydroxylation is 3. The minimum atomic E-state index is -0.774. The summed E-state index contributed by atoms with van der Waals surface area (Å²) in [5.41, 5.74) is 7.33. The zero-order valence-electron chi connectivity index (χ0n) is 15.8. The molecule has 0 aliphatic carbocycles. The molecule has 0 spiro atoms. The molecule has 0 aromatic heterocycles. The molecule has 1 unspecified atom stereocenters. The first kappa shape index (κ1) is 20.6. The average molecular weight is 391 g/mol. The van der Waals surface area contributed by atoms with Gasteiger partial charge in [0.15, 0.2) is 12.7 Å². The van der Waals surface area contributed by atoms with Gasteiger partial charge in [-0.15, -0.1) is 0 Å². The number of hydrazine groups is 1. The highest BCUT2D eigenvalue weighted by atomic mass is 35.5. The lowest BCUT2D eigenvalue weighted by Gasteiger charge is -2.18. The lowest BCUT2D eigenvalue weighted by Crippen LogP contribution is -2.48. The van der Waals surface area contributed by atoms with Gasteiger partial charge in [0.1, 0.15) is 11.5 Å². The molecule has 27 heavy (non-hydrogen) atoms. The molecule has 144 valence electrons. The van der Waals surface area contributed by atoms with E-state index in [0.29, 0.717) is 16.5 Å². The molecule has 1 atom stereocenters. The van der Waals surface area contributed by atoms with Gasteiger partial charge in [-0.3, -0.25) is 20.4 Å². The van der Waals surface area contributed by atoms with Gasteiger partial charge in [-0.05, 0) is 62.6 Å². The minimum Gasteiger partial charge on any atom is -0.483 e. The Balaban J connectivity index is 1.81. The van der Waals surface area contributed by atoms with Gasteiger partial charge in [0, 0.05) is 5.02 Å². The molecule has 2 aromatic carbocycles. The summed E-state index contributed by atoms with van der Waals surface area (Å²) in [6.45, 7) is 7.01. The molecule has 0 radical (unpaired) electrons. The lowest BCUT2D eigenvalue weighted by molar-refractivity contribution is -0.133. The van der Waals surface area contributed by atoms with E-state index in [0.717, 1.165) is 16.7 Å². The predicted molar refractivity (Wildman–Crippen MR) is 104 cm³/mol. The lowest BCUT2D eigenvalue weighted by atomic mass is 10.1. The molecule has 2 aromatic rings. The number of halogens is 1. The van der Waals surface area contributed by atoms with Crippen molar-refractivity contribution in [3.05, 3.63) is 58.1 Å². The molecule has 0 bridgehead atoms. The summed E-state index contributed by atoms with van der Waals surface area (Å²) in [6.07, 6.45) is -0.774. The van der Waals surface area contributed by atoms with Gasteiger partial charge in [-0.1, -0.05) is 29.8 Å². The highest BCUT2D eigenvalue weighted by Crippen LogP contribution is 2.23. The van der Waals surface area contributed by atoms with Crippen LogP contribution in [0.25, 0.3) is 0 Å². The van der Waals surface area contributed by atoms with Crippen molar-refractivity contribution in [1.82, 2.24) is 10.9 Å². The maximum Gasteiger partial charge on any atom is 0.279 e. The van der Waals surface area contributed by atoms with E-state index in [9.17, 15) is 9.59 Å². The number of nitrogens with one attached hydrogen (secondary N) is 2. The molecule has 0 saturated carbocycles. The summed E-state index contributed by atoms with van der Waals surface area (Å²) < 4.78 is 11.1. The van der Waals surface area contributed by atoms with Crippen LogP contribution >= 0.6 is 11.6 Å². The Morgan fingerprint density at radius 1 is 1.04 bits per heavy atom. The average Bonchev–Trinajstić information content (AvgIpc) is 2.62. The Labute approximate surface area is 163 Å². The third-order valence-electron chi connectivity index (χ3n) is 3.89. The second-order valence-corrected chi connectivity index (χ2v) is 6.65. The Bertz CT molecular complexity index is 818. The summed E-state index contributed by atoms with van der Waals surface area (Å²) in [7, 11) is 0. The van der Waals surface area contributed by atoms with Gasteiger partial charge < -0.3 is 9.47 Å². The van der Waals surface area contributed by atoms with Crippen LogP contribution in [0.4, 0.5) is 0 Å². The fraction of sp³-hybridized carbons (Fsp3) is 0.300. The topological polar surface area (TPSA) is 76.7 Å². The fourth-order valence-corrected chi connectivity index (χ4v) is 2.63. The van der Waals surface area contributed by atoms with Crippen LogP contribution < -0.4 is 20.3 Å². The Morgan fingerprint density at radius 3 is 2.33 bits per heavy atom. The largest absolute Gasteiger partial charge is 0.483 e. The molecule has 0 aliphatic rings. The molecule has 0 fully saturated rings. The number of carbonyl (C=O) groups is 2. The molecule has 7 heteroatoms. The van der Waals surface area contributed by atoms with Crippen LogP contribution in [0.5, 0.6) is 11.5 Å². The second kappa shape index (κ2) is 9.28. The number of rotatable bonds is 6. The summed E-state index contributed by atoms with van der Waals surface area (Å²) in [5.74, 6) is 0.256. The van der Waals surface area contributed by atoms with Crippen LogP contribution in [0.3, 0.4) is 0 Å². The van der Waals surface area contributed by atoms with E-state index < -0.39 is 17.9 Å². The van der Waals surface area contributed by atoms with Gasteiger partial charge in [-0.2, -0.15) is 0 Å². The smallest absolute Gasteiger partial charge is 0.279 e. The van der Waals surface area contributed by atoms with E-state index in [-0.39, 0.29) is 6.61 Å². The van der Waals surface area contributed by atoms with Crippen LogP contribution in [0.15, 0.2) is 36.4 Å². The molecule has 0 saturated heterocycles. The summed E-state index contributed by atoms with van der Waals surface area (Å²) in [6, 6.07) is 10.8. The van der Waals surface area contributed by atoms with Crippen LogP contribution in [0.1, 0.15) is 23.6 Å². The van der Waals surface area contributed by atoms with Crippen LogP contribution in [0, 0.1) is 20.8 Å². The van der Waals surface area contributed by atoms with E-state index in [1.165, 1.54) is 0 Å². The number of carbonyl (C=O) groups excluding carboxylic acids is 2. The molecule has 0 aliphatic heterocycles. The SMILES string of the molecule is Cc1cc(Cl)ccc1OCC(=O)NNC(=O)C(C)Oc1c(C)cccc1C. The number of ether oxygens (including phenoxy) is 2. The normalized spacial score (nSPS) is 11.4. The number of amides is 2. The standard InChI is InChI=1S/C20H23ClN2O4/c1-12-6-5-7-13(2)19(12)27-15(4)20(25)23-22-18(24)11-26-17-9-8-16(21)10-14(17)3/h5-10,15H,11H2,1-4H3,(H,22,24)(H,23,25). The van der Waals surface area contributed by atoms with Crippen molar-refractivity contribution >= 4 is 23.4 Å². The van der Waals surface area contributed by atoms with E-state index in [2.05, 4.69) is 10.9 Å². The van der Waals surface area contributed by atoms with E-state index in [4.69, 9.17) is 21.1 Å². The fourth-order valence-electron chi connectivity index (χ4n) is 2.40. The molecular formula is C20H23ClN2O4. The summed E-state index contributed by atoms with van der Waals surface area (Å²) in [5, 5.41) is 0.592. The maximum atomic E-state index is 12.1. The molecule has 2 amide bonds. The quantitative estimate of drug-likeness (QED) is 0.742. The Hall–Kier alpha value is -2.73. The molecule has 6 nitrogen and oxygen atoms in total. The van der Waals surface area contributed by atoms with E-state index in [1.807, 2.05) is 39.0 Å². The molecule has 2 rings (SSSR count). The monoisotopic (exact) mass is 390 g/mol. The number of benzene rings is 2. The van der Waals surface area contributed by atoms with Gasteiger partial charge >= 0.3 is 0 Å². The number of para-hydroxylation sites is 1. The first-order chi connectivity index (χ1) is 12.8. The molecule has 0 heterocycles. The molecular weight excluding hydrogens is 368 g/mol. The third-order valence-corrected chi connectivity index (χ3v) is 4.13. The summed E-state index contributed by atoms with van der Waals surface area (Å²) >= 11 is 5.88. The predicted octanol–water partition coefficient (Wildman–Crippen LogP) is 3.26. The van der Waals surface area contributed by atoms with Crippen molar-refractivity contribution in [2.45, 2.75) is 33.8 Å². The first-order valence-electron chi connectivity index (χ1n) is 8.48. The van der Waals surface area contributed by atoms with Gasteiger partial charge in [-0.25, -0.2) is 0 Å². The summed E-state index contributed by atoms with van der Waals surface area (Å²) in [4.78, 5) is 24.0.